The Morgan fingerprint density at radius 1 is 0.778 bits per heavy atom. The summed E-state index contributed by atoms with van der Waals surface area (Å²) in [7, 11) is 0. The van der Waals surface area contributed by atoms with E-state index in [9.17, 15) is 0 Å². The molecule has 0 atom stereocenters. The number of nitrogens with zero attached hydrogens (tertiary/aromatic N) is 1. The molecule has 0 aliphatic heterocycles. The van der Waals surface area contributed by atoms with E-state index in [0.717, 1.165) is 38.6 Å². The van der Waals surface area contributed by atoms with Crippen LogP contribution in [0.1, 0.15) is 30.4 Å². The molecule has 0 spiro atoms. The monoisotopic (exact) mass is 254 g/mol. The third-order valence-electron chi connectivity index (χ3n) is 2.86. The van der Waals surface area contributed by atoms with Crippen molar-refractivity contribution in [2.75, 3.05) is 19.8 Å². The summed E-state index contributed by atoms with van der Waals surface area (Å²) in [5, 5.41) is 26.6. The Labute approximate surface area is 109 Å². The molecule has 0 bridgehead atoms. The van der Waals surface area contributed by atoms with Crippen molar-refractivity contribution in [3.63, 3.8) is 0 Å². The van der Waals surface area contributed by atoms with Crippen molar-refractivity contribution in [3.05, 3.63) is 29.6 Å². The number of hydrogen-bond donors (Lipinski definition) is 3. The van der Waals surface area contributed by atoms with Crippen LogP contribution in [0.3, 0.4) is 0 Å². The number of rotatable bonds is 9. The molecule has 0 aromatic carbocycles. The molecule has 0 saturated carbocycles. The molecular weight excluding hydrogens is 230 g/mol. The van der Waals surface area contributed by atoms with E-state index in [4.69, 9.17) is 15.3 Å². The van der Waals surface area contributed by atoms with Crippen molar-refractivity contribution in [2.24, 2.45) is 0 Å². The van der Waals surface area contributed by atoms with Gasteiger partial charge in [-0.2, -0.15) is 0 Å². The molecule has 1 aromatic heterocycles. The van der Waals surface area contributed by atoms with E-state index in [-0.39, 0.29) is 19.8 Å². The first-order valence-corrected chi connectivity index (χ1v) is 6.64. The Kier molecular flexibility index (Phi) is 7.57. The van der Waals surface area contributed by atoms with Gasteiger partial charge in [-0.1, -0.05) is 0 Å². The van der Waals surface area contributed by atoms with Gasteiger partial charge in [-0.15, -0.1) is 0 Å². The molecule has 0 amide bonds. The Bertz CT molecular complexity index is 277. The average Bonchev–Trinajstić information content (AvgIpc) is 2.40. The molecule has 18 heavy (non-hydrogen) atoms. The molecule has 4 heteroatoms. The second-order valence-electron chi connectivity index (χ2n) is 4.52. The molecule has 0 aliphatic rings. The fourth-order valence-corrected chi connectivity index (χ4v) is 2.00. The molecular formula is C14H24NO3+. The molecule has 0 saturated heterocycles. The van der Waals surface area contributed by atoms with E-state index in [1.807, 2.05) is 0 Å². The minimum absolute atomic E-state index is 0.194. The predicted octanol–water partition coefficient (Wildman–Crippen LogP) is 0.206. The summed E-state index contributed by atoms with van der Waals surface area (Å²) in [5.41, 5.74) is 2.41. The van der Waals surface area contributed by atoms with Crippen molar-refractivity contribution in [3.8, 4) is 0 Å². The van der Waals surface area contributed by atoms with E-state index in [2.05, 4.69) is 23.0 Å². The highest BCUT2D eigenvalue weighted by molar-refractivity contribution is 5.15. The standard InChI is InChI=1S/C14H24NO3/c16-7-1-4-13-10-14(5-2-8-17)12-15(11-13)6-3-9-18/h10-12,16-18H,1-9H2/q+1. The first-order chi connectivity index (χ1) is 8.80. The SMILES string of the molecule is OCCCc1cc(CCCO)c[n+](CCCO)c1. The van der Waals surface area contributed by atoms with Crippen LogP contribution in [0.2, 0.25) is 0 Å². The van der Waals surface area contributed by atoms with E-state index < -0.39 is 0 Å². The number of aliphatic hydroxyl groups is 3. The van der Waals surface area contributed by atoms with Gasteiger partial charge in [0.15, 0.2) is 18.9 Å². The van der Waals surface area contributed by atoms with Crippen LogP contribution < -0.4 is 4.57 Å². The van der Waals surface area contributed by atoms with Gasteiger partial charge in [0.2, 0.25) is 0 Å². The number of aromatic nitrogens is 1. The summed E-state index contributed by atoms with van der Waals surface area (Å²) in [6.07, 6.45) is 8.16. The van der Waals surface area contributed by atoms with Crippen LogP contribution in [-0.2, 0) is 19.4 Å². The maximum atomic E-state index is 8.88. The Morgan fingerprint density at radius 3 is 1.72 bits per heavy atom. The highest BCUT2D eigenvalue weighted by Gasteiger charge is 2.07. The summed E-state index contributed by atoms with van der Waals surface area (Å²) < 4.78 is 2.09. The molecule has 1 aromatic rings. The minimum atomic E-state index is 0.194. The zero-order chi connectivity index (χ0) is 13.2. The minimum Gasteiger partial charge on any atom is -0.396 e. The van der Waals surface area contributed by atoms with Gasteiger partial charge < -0.3 is 15.3 Å². The van der Waals surface area contributed by atoms with Gasteiger partial charge in [0, 0.05) is 37.4 Å². The zero-order valence-corrected chi connectivity index (χ0v) is 10.9. The van der Waals surface area contributed by atoms with E-state index >= 15 is 0 Å². The quantitative estimate of drug-likeness (QED) is 0.552. The van der Waals surface area contributed by atoms with E-state index in [0.29, 0.717) is 0 Å². The smallest absolute Gasteiger partial charge is 0.171 e. The Hall–Kier alpha value is -0.970. The van der Waals surface area contributed by atoms with Crippen LogP contribution >= 0.6 is 0 Å². The Balaban J connectivity index is 2.74. The lowest BCUT2D eigenvalue weighted by atomic mass is 10.1. The van der Waals surface area contributed by atoms with Crippen molar-refractivity contribution in [2.45, 2.75) is 38.6 Å². The first kappa shape index (κ1) is 15.1. The summed E-state index contributed by atoms with van der Waals surface area (Å²) in [6, 6.07) is 2.14. The molecule has 0 aliphatic carbocycles. The molecule has 0 unspecified atom stereocenters. The van der Waals surface area contributed by atoms with Crippen LogP contribution in [0.4, 0.5) is 0 Å². The predicted molar refractivity (Wildman–Crippen MR) is 69.2 cm³/mol. The average molecular weight is 254 g/mol. The zero-order valence-electron chi connectivity index (χ0n) is 10.9. The van der Waals surface area contributed by atoms with Crippen LogP contribution in [0.5, 0.6) is 0 Å². The van der Waals surface area contributed by atoms with Crippen molar-refractivity contribution < 1.29 is 19.9 Å². The van der Waals surface area contributed by atoms with Gasteiger partial charge in [0.1, 0.15) is 0 Å². The number of aryl methyl sites for hydroxylation is 3. The summed E-state index contributed by atoms with van der Waals surface area (Å²) in [5.74, 6) is 0. The lowest BCUT2D eigenvalue weighted by Crippen LogP contribution is -2.34. The molecule has 1 heterocycles. The van der Waals surface area contributed by atoms with E-state index in [1.54, 1.807) is 0 Å². The van der Waals surface area contributed by atoms with Crippen molar-refractivity contribution in [1.82, 2.24) is 0 Å². The van der Waals surface area contributed by atoms with Gasteiger partial charge in [-0.25, -0.2) is 4.57 Å². The van der Waals surface area contributed by atoms with Gasteiger partial charge in [-0.3, -0.25) is 0 Å². The molecule has 0 fully saturated rings. The van der Waals surface area contributed by atoms with Gasteiger partial charge >= 0.3 is 0 Å². The number of aliphatic hydroxyl groups excluding tert-OH is 3. The van der Waals surface area contributed by atoms with Crippen molar-refractivity contribution in [1.29, 1.82) is 0 Å². The maximum absolute atomic E-state index is 8.88. The third-order valence-corrected chi connectivity index (χ3v) is 2.86. The second kappa shape index (κ2) is 9.03. The highest BCUT2D eigenvalue weighted by Crippen LogP contribution is 2.07. The van der Waals surface area contributed by atoms with Gasteiger partial charge in [0.05, 0.1) is 0 Å². The van der Waals surface area contributed by atoms with Crippen LogP contribution in [0.15, 0.2) is 18.5 Å². The molecule has 1 rings (SSSR count). The molecule has 102 valence electrons. The van der Waals surface area contributed by atoms with Gasteiger partial charge in [-0.05, 0) is 31.7 Å². The molecule has 4 nitrogen and oxygen atoms in total. The highest BCUT2D eigenvalue weighted by atomic mass is 16.3. The first-order valence-electron chi connectivity index (χ1n) is 6.64. The normalized spacial score (nSPS) is 10.8. The van der Waals surface area contributed by atoms with Crippen LogP contribution in [0.25, 0.3) is 0 Å². The lowest BCUT2D eigenvalue weighted by Gasteiger charge is -2.05. The molecule has 3 N–H and O–H groups in total. The third kappa shape index (κ3) is 5.58. The van der Waals surface area contributed by atoms with Gasteiger partial charge in [0.25, 0.3) is 0 Å². The number of pyridine rings is 1. The van der Waals surface area contributed by atoms with Crippen molar-refractivity contribution >= 4 is 0 Å². The summed E-state index contributed by atoms with van der Waals surface area (Å²) in [6.45, 7) is 1.41. The fourth-order valence-electron chi connectivity index (χ4n) is 2.00. The lowest BCUT2D eigenvalue weighted by molar-refractivity contribution is -0.698. The topological polar surface area (TPSA) is 64.6 Å². The summed E-state index contributed by atoms with van der Waals surface area (Å²) in [4.78, 5) is 0. The van der Waals surface area contributed by atoms with Crippen LogP contribution in [-0.4, -0.2) is 35.1 Å². The number of hydrogen-bond acceptors (Lipinski definition) is 3. The summed E-state index contributed by atoms with van der Waals surface area (Å²) >= 11 is 0. The maximum Gasteiger partial charge on any atom is 0.171 e. The Morgan fingerprint density at radius 2 is 1.28 bits per heavy atom. The van der Waals surface area contributed by atoms with Crippen LogP contribution in [0, 0.1) is 0 Å². The fraction of sp³-hybridized carbons (Fsp3) is 0.643. The second-order valence-corrected chi connectivity index (χ2v) is 4.52. The molecule has 0 radical (unpaired) electrons. The largest absolute Gasteiger partial charge is 0.396 e. The van der Waals surface area contributed by atoms with E-state index in [1.165, 1.54) is 11.1 Å².